The lowest BCUT2D eigenvalue weighted by molar-refractivity contribution is -0.346. The highest BCUT2D eigenvalue weighted by molar-refractivity contribution is 5.90. The normalized spacial score (nSPS) is 12.2. The Morgan fingerprint density at radius 3 is 2.09 bits per heavy atom. The van der Waals surface area contributed by atoms with Crippen molar-refractivity contribution >= 4 is 22.7 Å². The van der Waals surface area contributed by atoms with Crippen LogP contribution in [0.2, 0.25) is 0 Å². The Morgan fingerprint density at radius 1 is 0.909 bits per heavy atom. The molecule has 0 N–H and O–H groups in total. The van der Waals surface area contributed by atoms with Gasteiger partial charge in [0.25, 0.3) is 0 Å². The molecule has 2 aromatic carbocycles. The van der Waals surface area contributed by atoms with Crippen LogP contribution in [0, 0.1) is 0 Å². The molecule has 0 aromatic heterocycles. The van der Waals surface area contributed by atoms with E-state index in [0.717, 1.165) is 6.07 Å². The van der Waals surface area contributed by atoms with Crippen LogP contribution in [0.25, 0.3) is 10.8 Å². The van der Waals surface area contributed by atoms with Crippen molar-refractivity contribution < 1.29 is 37.0 Å². The number of alkyl halides is 4. The van der Waals surface area contributed by atoms with Crippen LogP contribution in [-0.4, -0.2) is 23.8 Å². The molecule has 116 valence electrons. The van der Waals surface area contributed by atoms with E-state index in [1.807, 2.05) is 0 Å². The summed E-state index contributed by atoms with van der Waals surface area (Å²) in [5.41, 5.74) is 0. The van der Waals surface area contributed by atoms with Crippen LogP contribution < -0.4 is 9.84 Å². The van der Waals surface area contributed by atoms with Gasteiger partial charge in [-0.15, -0.1) is 0 Å². The number of carbonyl (C=O) groups excluding carboxylic acids is 2. The first-order valence-electron chi connectivity index (χ1n) is 5.84. The van der Waals surface area contributed by atoms with Crippen LogP contribution in [0.15, 0.2) is 42.5 Å². The first kappa shape index (κ1) is 15.7. The average Bonchev–Trinajstić information content (AvgIpc) is 2.46. The Kier molecular flexibility index (Phi) is 3.78. The number of benzene rings is 2. The maximum absolute atomic E-state index is 13.2. The first-order valence-corrected chi connectivity index (χ1v) is 5.84. The summed E-state index contributed by atoms with van der Waals surface area (Å²) in [4.78, 5) is 21.2. The lowest BCUT2D eigenvalue weighted by Crippen LogP contribution is -2.58. The van der Waals surface area contributed by atoms with Gasteiger partial charge < -0.3 is 14.6 Å². The number of carbonyl (C=O) groups is 2. The fraction of sp³-hybridized carbons (Fsp3) is 0.143. The van der Waals surface area contributed by atoms with Gasteiger partial charge in [-0.25, -0.2) is 4.79 Å². The van der Waals surface area contributed by atoms with Gasteiger partial charge in [0.05, 0.1) is 0 Å². The summed E-state index contributed by atoms with van der Waals surface area (Å²) in [7, 11) is 0. The SMILES string of the molecule is O=C([O-])C(F)(F)C(F)(F)C(=O)Oc1ccc2ccccc2c1. The van der Waals surface area contributed by atoms with Gasteiger partial charge in [-0.2, -0.15) is 17.6 Å². The molecule has 0 unspecified atom stereocenters. The van der Waals surface area contributed by atoms with Crippen LogP contribution in [0.5, 0.6) is 5.75 Å². The van der Waals surface area contributed by atoms with Gasteiger partial charge in [0.2, 0.25) is 0 Å². The number of ether oxygens (including phenoxy) is 1. The summed E-state index contributed by atoms with van der Waals surface area (Å²) in [5.74, 6) is -17.7. The number of hydrogen-bond donors (Lipinski definition) is 0. The minimum atomic E-state index is -5.68. The molecular weight excluding hydrogens is 308 g/mol. The third kappa shape index (κ3) is 2.59. The first-order chi connectivity index (χ1) is 10.2. The fourth-order valence-electron chi connectivity index (χ4n) is 1.66. The van der Waals surface area contributed by atoms with E-state index in [4.69, 9.17) is 0 Å². The number of halogens is 4. The molecular formula is C14H7F4O4-. The number of rotatable bonds is 4. The number of carboxylic acids is 1. The molecule has 0 aliphatic carbocycles. The molecule has 2 aromatic rings. The zero-order valence-electron chi connectivity index (χ0n) is 10.7. The van der Waals surface area contributed by atoms with Crippen LogP contribution in [0.4, 0.5) is 17.6 Å². The van der Waals surface area contributed by atoms with Crippen LogP contribution in [0.3, 0.4) is 0 Å². The Hall–Kier alpha value is -2.64. The number of esters is 1. The van der Waals surface area contributed by atoms with Gasteiger partial charge in [0, 0.05) is 0 Å². The second kappa shape index (κ2) is 5.28. The topological polar surface area (TPSA) is 66.4 Å². The van der Waals surface area contributed by atoms with E-state index in [0.29, 0.717) is 10.8 Å². The smallest absolute Gasteiger partial charge is 0.410 e. The van der Waals surface area contributed by atoms with E-state index >= 15 is 0 Å². The van der Waals surface area contributed by atoms with Gasteiger partial charge >= 0.3 is 17.8 Å². The molecule has 0 aliphatic rings. The van der Waals surface area contributed by atoms with Gasteiger partial charge in [0.1, 0.15) is 11.7 Å². The summed E-state index contributed by atoms with van der Waals surface area (Å²) in [6.45, 7) is 0. The lowest BCUT2D eigenvalue weighted by Gasteiger charge is -2.25. The summed E-state index contributed by atoms with van der Waals surface area (Å²) < 4.78 is 56.2. The Labute approximate surface area is 120 Å². The van der Waals surface area contributed by atoms with E-state index in [2.05, 4.69) is 4.74 Å². The van der Waals surface area contributed by atoms with Crippen LogP contribution >= 0.6 is 0 Å². The summed E-state index contributed by atoms with van der Waals surface area (Å²) >= 11 is 0. The molecule has 0 saturated carbocycles. The average molecular weight is 315 g/mol. The molecule has 2 rings (SSSR count). The van der Waals surface area contributed by atoms with Crippen molar-refractivity contribution in [2.75, 3.05) is 0 Å². The maximum atomic E-state index is 13.2. The Morgan fingerprint density at radius 2 is 1.50 bits per heavy atom. The zero-order chi connectivity index (χ0) is 16.5. The van der Waals surface area contributed by atoms with Crippen molar-refractivity contribution in [2.45, 2.75) is 11.8 Å². The number of hydrogen-bond acceptors (Lipinski definition) is 4. The van der Waals surface area contributed by atoms with Gasteiger partial charge in [-0.3, -0.25) is 0 Å². The molecule has 0 saturated heterocycles. The van der Waals surface area contributed by atoms with Crippen molar-refractivity contribution in [1.29, 1.82) is 0 Å². The highest BCUT2D eigenvalue weighted by atomic mass is 19.3. The van der Waals surface area contributed by atoms with Crippen molar-refractivity contribution in [1.82, 2.24) is 0 Å². The highest BCUT2D eigenvalue weighted by Crippen LogP contribution is 2.35. The van der Waals surface area contributed by atoms with Gasteiger partial charge in [-0.05, 0) is 22.9 Å². The maximum Gasteiger partial charge on any atom is 0.410 e. The summed E-state index contributed by atoms with van der Waals surface area (Å²) in [6.07, 6.45) is 0. The Bertz CT molecular complexity index is 742. The van der Waals surface area contributed by atoms with Crippen molar-refractivity contribution in [3.63, 3.8) is 0 Å². The van der Waals surface area contributed by atoms with E-state index < -0.39 is 29.5 Å². The van der Waals surface area contributed by atoms with Gasteiger partial charge in [0.15, 0.2) is 0 Å². The van der Waals surface area contributed by atoms with E-state index in [1.54, 1.807) is 24.3 Å². The molecule has 0 fully saturated rings. The van der Waals surface area contributed by atoms with Crippen molar-refractivity contribution in [3.05, 3.63) is 42.5 Å². The second-order valence-corrected chi connectivity index (χ2v) is 4.33. The predicted molar refractivity (Wildman–Crippen MR) is 64.5 cm³/mol. The summed E-state index contributed by atoms with van der Waals surface area (Å²) in [6, 6.07) is 10.3. The molecule has 0 spiro atoms. The molecule has 0 amide bonds. The molecule has 4 nitrogen and oxygen atoms in total. The van der Waals surface area contributed by atoms with Crippen LogP contribution in [-0.2, 0) is 9.59 Å². The van der Waals surface area contributed by atoms with E-state index in [1.165, 1.54) is 12.1 Å². The third-order valence-electron chi connectivity index (χ3n) is 2.84. The highest BCUT2D eigenvalue weighted by Gasteiger charge is 2.64. The van der Waals surface area contributed by atoms with E-state index in [9.17, 15) is 32.3 Å². The molecule has 22 heavy (non-hydrogen) atoms. The predicted octanol–water partition coefficient (Wildman–Crippen LogP) is 1.77. The molecule has 0 bridgehead atoms. The molecule has 8 heteroatoms. The fourth-order valence-corrected chi connectivity index (χ4v) is 1.66. The van der Waals surface area contributed by atoms with E-state index in [-0.39, 0.29) is 0 Å². The molecule has 0 atom stereocenters. The number of aliphatic carboxylic acids is 1. The third-order valence-corrected chi connectivity index (χ3v) is 2.84. The minimum Gasteiger partial charge on any atom is -0.544 e. The minimum absolute atomic E-state index is 0.419. The largest absolute Gasteiger partial charge is 0.544 e. The lowest BCUT2D eigenvalue weighted by atomic mass is 10.1. The summed E-state index contributed by atoms with van der Waals surface area (Å²) in [5, 5.41) is 11.3. The zero-order valence-corrected chi connectivity index (χ0v) is 10.7. The quantitative estimate of drug-likeness (QED) is 0.490. The number of carboxylic acid groups (broad SMARTS) is 1. The van der Waals surface area contributed by atoms with Crippen LogP contribution in [0.1, 0.15) is 0 Å². The van der Waals surface area contributed by atoms with Gasteiger partial charge in [-0.1, -0.05) is 30.3 Å². The second-order valence-electron chi connectivity index (χ2n) is 4.33. The molecule has 0 heterocycles. The standard InChI is InChI=1S/C14H8F4O4/c15-13(16,11(19)20)14(17,18)12(21)22-10-6-5-8-3-1-2-4-9(8)7-10/h1-7H,(H,19,20)/p-1. The van der Waals surface area contributed by atoms with Crippen molar-refractivity contribution in [2.24, 2.45) is 0 Å². The molecule has 0 radical (unpaired) electrons. The van der Waals surface area contributed by atoms with Crippen molar-refractivity contribution in [3.8, 4) is 5.75 Å². The number of fused-ring (bicyclic) bond motifs is 1. The monoisotopic (exact) mass is 315 g/mol. The molecule has 0 aliphatic heterocycles. The Balaban J connectivity index is 2.28.